The van der Waals surface area contributed by atoms with Gasteiger partial charge in [-0.1, -0.05) is 13.3 Å². The van der Waals surface area contributed by atoms with E-state index in [9.17, 15) is 9.59 Å². The first kappa shape index (κ1) is 16.8. The summed E-state index contributed by atoms with van der Waals surface area (Å²) >= 11 is 0. The number of methoxy groups -OCH3 is 1. The van der Waals surface area contributed by atoms with E-state index in [4.69, 9.17) is 14.5 Å². The molecule has 0 unspecified atom stereocenters. The van der Waals surface area contributed by atoms with Gasteiger partial charge < -0.3 is 4.74 Å². The number of nitrogens with zero attached hydrogens (tertiary/aromatic N) is 2. The van der Waals surface area contributed by atoms with Crippen LogP contribution >= 0.6 is 0 Å². The standard InChI is InChI=1S/C11H22N2O5/c1-5-6-7-17-18-9-13(8-16-4)11(15)12(3)10(2)14/h5-9H2,1-4H3. The van der Waals surface area contributed by atoms with Crippen molar-refractivity contribution in [3.63, 3.8) is 0 Å². The summed E-state index contributed by atoms with van der Waals surface area (Å²) in [5.74, 6) is -0.354. The molecule has 0 rings (SSSR count). The highest BCUT2D eigenvalue weighted by Gasteiger charge is 2.20. The molecule has 0 aliphatic heterocycles. The van der Waals surface area contributed by atoms with Gasteiger partial charge in [0.2, 0.25) is 5.91 Å². The number of rotatable bonds is 8. The van der Waals surface area contributed by atoms with E-state index in [0.29, 0.717) is 6.61 Å². The molecule has 0 spiro atoms. The Balaban J connectivity index is 4.12. The van der Waals surface area contributed by atoms with Gasteiger partial charge in [-0.15, -0.1) is 0 Å². The highest BCUT2D eigenvalue weighted by atomic mass is 17.2. The molecule has 0 fully saturated rings. The fourth-order valence-electron chi connectivity index (χ4n) is 1.01. The monoisotopic (exact) mass is 262 g/mol. The molecule has 0 aromatic rings. The highest BCUT2D eigenvalue weighted by molar-refractivity contribution is 5.92. The van der Waals surface area contributed by atoms with E-state index in [1.807, 2.05) is 6.92 Å². The van der Waals surface area contributed by atoms with Crippen LogP contribution in [0.3, 0.4) is 0 Å². The number of hydrogen-bond acceptors (Lipinski definition) is 5. The highest BCUT2D eigenvalue weighted by Crippen LogP contribution is 1.99. The minimum absolute atomic E-state index is 0.0214. The van der Waals surface area contributed by atoms with Gasteiger partial charge >= 0.3 is 6.03 Å². The summed E-state index contributed by atoms with van der Waals surface area (Å²) in [6, 6.07) is -0.497. The third kappa shape index (κ3) is 6.53. The maximum Gasteiger partial charge on any atom is 0.330 e. The Bertz CT molecular complexity index is 260. The second-order valence-corrected chi connectivity index (χ2v) is 3.74. The zero-order chi connectivity index (χ0) is 14.0. The van der Waals surface area contributed by atoms with Crippen molar-refractivity contribution >= 4 is 11.9 Å². The number of imide groups is 1. The Morgan fingerprint density at radius 1 is 1.17 bits per heavy atom. The SMILES string of the molecule is CCCCOOCN(COC)C(=O)N(C)C(C)=O. The van der Waals surface area contributed by atoms with Crippen molar-refractivity contribution in [2.75, 3.05) is 34.2 Å². The van der Waals surface area contributed by atoms with Crippen LogP contribution in [-0.4, -0.2) is 56.0 Å². The van der Waals surface area contributed by atoms with E-state index < -0.39 is 6.03 Å². The van der Waals surface area contributed by atoms with E-state index in [1.165, 1.54) is 26.0 Å². The number of ether oxygens (including phenoxy) is 1. The van der Waals surface area contributed by atoms with Crippen molar-refractivity contribution in [2.45, 2.75) is 26.7 Å². The van der Waals surface area contributed by atoms with Crippen LogP contribution in [0.25, 0.3) is 0 Å². The molecule has 7 heteroatoms. The maximum absolute atomic E-state index is 11.8. The van der Waals surface area contributed by atoms with Gasteiger partial charge in [-0.3, -0.25) is 14.6 Å². The number of urea groups is 1. The van der Waals surface area contributed by atoms with Crippen molar-refractivity contribution in [1.82, 2.24) is 9.80 Å². The van der Waals surface area contributed by atoms with Gasteiger partial charge in [-0.05, 0) is 6.42 Å². The van der Waals surface area contributed by atoms with Gasteiger partial charge in [0.05, 0.1) is 6.61 Å². The van der Waals surface area contributed by atoms with Crippen LogP contribution in [0.1, 0.15) is 26.7 Å². The molecule has 106 valence electrons. The fraction of sp³-hybridized carbons (Fsp3) is 0.818. The summed E-state index contributed by atoms with van der Waals surface area (Å²) in [4.78, 5) is 34.9. The zero-order valence-corrected chi connectivity index (χ0v) is 11.5. The summed E-state index contributed by atoms with van der Waals surface area (Å²) in [6.07, 6.45) is 1.88. The topological polar surface area (TPSA) is 68.3 Å². The maximum atomic E-state index is 11.8. The lowest BCUT2D eigenvalue weighted by Crippen LogP contribution is -2.45. The van der Waals surface area contributed by atoms with E-state index in [1.54, 1.807) is 0 Å². The minimum atomic E-state index is -0.497. The van der Waals surface area contributed by atoms with Crippen molar-refractivity contribution < 1.29 is 24.1 Å². The molecule has 0 radical (unpaired) electrons. The molecule has 3 amide bonds. The van der Waals surface area contributed by atoms with Gasteiger partial charge in [0.25, 0.3) is 0 Å². The van der Waals surface area contributed by atoms with Gasteiger partial charge in [0, 0.05) is 21.1 Å². The zero-order valence-electron chi connectivity index (χ0n) is 11.5. The lowest BCUT2D eigenvalue weighted by atomic mass is 10.4. The van der Waals surface area contributed by atoms with Crippen LogP contribution in [0, 0.1) is 0 Å². The molecular weight excluding hydrogens is 240 g/mol. The number of carbonyl (C=O) groups is 2. The minimum Gasteiger partial charge on any atom is -0.364 e. The number of amides is 3. The molecule has 0 atom stereocenters. The van der Waals surface area contributed by atoms with E-state index in [2.05, 4.69) is 0 Å². The van der Waals surface area contributed by atoms with Crippen LogP contribution in [0.5, 0.6) is 0 Å². The fourth-order valence-corrected chi connectivity index (χ4v) is 1.01. The first-order valence-electron chi connectivity index (χ1n) is 5.81. The molecule has 0 aliphatic rings. The molecule has 0 aliphatic carbocycles. The summed E-state index contributed by atoms with van der Waals surface area (Å²) in [6.45, 7) is 3.74. The third-order valence-corrected chi connectivity index (χ3v) is 2.19. The summed E-state index contributed by atoms with van der Waals surface area (Å²) in [7, 11) is 2.84. The lowest BCUT2D eigenvalue weighted by Gasteiger charge is -2.24. The Labute approximate surface area is 108 Å². The number of carbonyl (C=O) groups excluding carboxylic acids is 2. The number of unbranched alkanes of at least 4 members (excludes halogenated alkanes) is 1. The molecule has 0 bridgehead atoms. The lowest BCUT2D eigenvalue weighted by molar-refractivity contribution is -0.314. The summed E-state index contributed by atoms with van der Waals surface area (Å²) in [5, 5.41) is 0. The normalized spacial score (nSPS) is 10.2. The Morgan fingerprint density at radius 3 is 2.33 bits per heavy atom. The van der Waals surface area contributed by atoms with Crippen molar-refractivity contribution in [3.05, 3.63) is 0 Å². The van der Waals surface area contributed by atoms with Crippen molar-refractivity contribution in [2.24, 2.45) is 0 Å². The molecule has 0 N–H and O–H groups in total. The predicted octanol–water partition coefficient (Wildman–Crippen LogP) is 1.20. The van der Waals surface area contributed by atoms with Crippen LogP contribution in [0.4, 0.5) is 4.79 Å². The van der Waals surface area contributed by atoms with E-state index >= 15 is 0 Å². The van der Waals surface area contributed by atoms with Crippen LogP contribution < -0.4 is 0 Å². The van der Waals surface area contributed by atoms with Gasteiger partial charge in [0.1, 0.15) is 6.73 Å². The van der Waals surface area contributed by atoms with E-state index in [0.717, 1.165) is 17.7 Å². The van der Waals surface area contributed by atoms with Gasteiger partial charge in [0.15, 0.2) is 6.73 Å². The number of hydrogen-bond donors (Lipinski definition) is 0. The van der Waals surface area contributed by atoms with Gasteiger partial charge in [-0.25, -0.2) is 14.6 Å². The Morgan fingerprint density at radius 2 is 1.83 bits per heavy atom. The smallest absolute Gasteiger partial charge is 0.330 e. The third-order valence-electron chi connectivity index (χ3n) is 2.19. The largest absolute Gasteiger partial charge is 0.364 e. The molecule has 0 aromatic heterocycles. The molecular formula is C11H22N2O5. The van der Waals surface area contributed by atoms with Crippen LogP contribution in [-0.2, 0) is 19.3 Å². The molecule has 7 nitrogen and oxygen atoms in total. The second-order valence-electron chi connectivity index (χ2n) is 3.74. The van der Waals surface area contributed by atoms with E-state index in [-0.39, 0.29) is 19.4 Å². The van der Waals surface area contributed by atoms with Crippen molar-refractivity contribution in [1.29, 1.82) is 0 Å². The molecule has 0 heterocycles. The Kier molecular flexibility index (Phi) is 9.17. The Hall–Kier alpha value is -1.18. The molecule has 0 aromatic carbocycles. The first-order chi connectivity index (χ1) is 8.54. The molecule has 18 heavy (non-hydrogen) atoms. The second kappa shape index (κ2) is 9.81. The quantitative estimate of drug-likeness (QED) is 0.284. The summed E-state index contributed by atoms with van der Waals surface area (Å²) < 4.78 is 4.86. The average molecular weight is 262 g/mol. The summed E-state index contributed by atoms with van der Waals surface area (Å²) in [5.41, 5.74) is 0. The van der Waals surface area contributed by atoms with Crippen LogP contribution in [0.15, 0.2) is 0 Å². The predicted molar refractivity (Wildman–Crippen MR) is 64.4 cm³/mol. The average Bonchev–Trinajstić information content (AvgIpc) is 2.35. The van der Waals surface area contributed by atoms with Crippen molar-refractivity contribution in [3.8, 4) is 0 Å². The van der Waals surface area contributed by atoms with Gasteiger partial charge in [-0.2, -0.15) is 0 Å². The molecule has 0 saturated carbocycles. The van der Waals surface area contributed by atoms with Crippen LogP contribution in [0.2, 0.25) is 0 Å². The molecule has 0 saturated heterocycles. The first-order valence-corrected chi connectivity index (χ1v) is 5.81.